The van der Waals surface area contributed by atoms with Crippen molar-refractivity contribution in [3.63, 3.8) is 0 Å². The normalized spacial score (nSPS) is 11.6. The van der Waals surface area contributed by atoms with Crippen LogP contribution in [-0.4, -0.2) is 11.9 Å². The van der Waals surface area contributed by atoms with E-state index in [1.165, 1.54) is 18.2 Å². The maximum absolute atomic E-state index is 13.4. The summed E-state index contributed by atoms with van der Waals surface area (Å²) in [6.07, 6.45) is -1.24. The highest BCUT2D eigenvalue weighted by atomic mass is 19.1. The number of hydrogen-bond donors (Lipinski definition) is 1. The minimum absolute atomic E-state index is 0.127. The molecule has 29 heavy (non-hydrogen) atoms. The van der Waals surface area contributed by atoms with Gasteiger partial charge in [-0.05, 0) is 48.7 Å². The smallest absolute Gasteiger partial charge is 0.311 e. The number of benzene rings is 3. The molecule has 0 bridgehead atoms. The van der Waals surface area contributed by atoms with Crippen molar-refractivity contribution >= 4 is 17.6 Å². The number of carbonyl (C=O) groups excluding carboxylic acids is 2. The zero-order chi connectivity index (χ0) is 20.8. The molecule has 0 aliphatic heterocycles. The summed E-state index contributed by atoms with van der Waals surface area (Å²) in [6.45, 7) is 3.82. The number of esters is 1. The number of hydrogen-bond acceptors (Lipinski definition) is 3. The van der Waals surface area contributed by atoms with Gasteiger partial charge in [-0.3, -0.25) is 9.59 Å². The van der Waals surface area contributed by atoms with Gasteiger partial charge in [0.15, 0.2) is 0 Å². The first-order valence-corrected chi connectivity index (χ1v) is 9.29. The Hall–Kier alpha value is -3.47. The van der Waals surface area contributed by atoms with E-state index in [1.807, 2.05) is 38.1 Å². The molecule has 4 nitrogen and oxygen atoms in total. The van der Waals surface area contributed by atoms with Gasteiger partial charge in [0.05, 0.1) is 6.42 Å². The summed E-state index contributed by atoms with van der Waals surface area (Å²) in [5.41, 5.74) is 3.61. The summed E-state index contributed by atoms with van der Waals surface area (Å²) in [7, 11) is 0. The molecule has 5 heteroatoms. The number of anilines is 1. The zero-order valence-electron chi connectivity index (χ0n) is 16.3. The van der Waals surface area contributed by atoms with Crippen molar-refractivity contribution in [3.8, 4) is 0 Å². The van der Waals surface area contributed by atoms with Gasteiger partial charge in [0.2, 0.25) is 6.10 Å². The second-order valence-electron chi connectivity index (χ2n) is 6.89. The van der Waals surface area contributed by atoms with E-state index < -0.39 is 23.8 Å². The van der Waals surface area contributed by atoms with E-state index in [4.69, 9.17) is 4.74 Å². The number of carbonyl (C=O) groups is 2. The first-order valence-electron chi connectivity index (χ1n) is 9.29. The fourth-order valence-electron chi connectivity index (χ4n) is 2.96. The number of halogens is 1. The van der Waals surface area contributed by atoms with Gasteiger partial charge < -0.3 is 10.1 Å². The molecule has 3 aromatic carbocycles. The van der Waals surface area contributed by atoms with Crippen molar-refractivity contribution in [2.75, 3.05) is 5.32 Å². The van der Waals surface area contributed by atoms with Crippen LogP contribution in [-0.2, 0) is 20.7 Å². The van der Waals surface area contributed by atoms with Crippen molar-refractivity contribution in [1.82, 2.24) is 0 Å². The molecule has 1 N–H and O–H groups in total. The lowest BCUT2D eigenvalue weighted by Crippen LogP contribution is -2.26. The summed E-state index contributed by atoms with van der Waals surface area (Å²) in [6, 6.07) is 20.3. The lowest BCUT2D eigenvalue weighted by Gasteiger charge is -2.19. The third kappa shape index (κ3) is 5.51. The monoisotopic (exact) mass is 391 g/mol. The molecular weight excluding hydrogens is 369 g/mol. The summed E-state index contributed by atoms with van der Waals surface area (Å²) in [4.78, 5) is 25.4. The molecule has 0 saturated carbocycles. The molecule has 0 spiro atoms. The van der Waals surface area contributed by atoms with Crippen LogP contribution < -0.4 is 5.32 Å². The third-order valence-electron chi connectivity index (χ3n) is 4.48. The topological polar surface area (TPSA) is 55.4 Å². The highest BCUT2D eigenvalue weighted by Gasteiger charge is 2.25. The molecule has 0 radical (unpaired) electrons. The van der Waals surface area contributed by atoms with Crippen LogP contribution in [0, 0.1) is 19.7 Å². The molecule has 1 amide bonds. The first kappa shape index (κ1) is 20.3. The van der Waals surface area contributed by atoms with E-state index in [-0.39, 0.29) is 6.42 Å². The van der Waals surface area contributed by atoms with Crippen LogP contribution in [0.1, 0.15) is 28.4 Å². The third-order valence-corrected chi connectivity index (χ3v) is 4.48. The van der Waals surface area contributed by atoms with E-state index >= 15 is 0 Å². The molecule has 3 aromatic rings. The Labute approximate surface area is 169 Å². The van der Waals surface area contributed by atoms with Gasteiger partial charge in [0.25, 0.3) is 5.91 Å². The van der Waals surface area contributed by atoms with E-state index in [0.717, 1.165) is 11.1 Å². The number of ether oxygens (including phenoxy) is 1. The summed E-state index contributed by atoms with van der Waals surface area (Å²) < 4.78 is 18.9. The molecule has 0 unspecified atom stereocenters. The first-order chi connectivity index (χ1) is 13.9. The Morgan fingerprint density at radius 3 is 2.45 bits per heavy atom. The van der Waals surface area contributed by atoms with Crippen LogP contribution in [0.4, 0.5) is 10.1 Å². The molecule has 0 aliphatic carbocycles. The minimum atomic E-state index is -1.11. The Morgan fingerprint density at radius 2 is 1.72 bits per heavy atom. The van der Waals surface area contributed by atoms with Gasteiger partial charge in [0.1, 0.15) is 5.82 Å². The summed E-state index contributed by atoms with van der Waals surface area (Å²) >= 11 is 0. The van der Waals surface area contributed by atoms with Gasteiger partial charge in [-0.2, -0.15) is 0 Å². The van der Waals surface area contributed by atoms with E-state index in [9.17, 15) is 14.0 Å². The van der Waals surface area contributed by atoms with Crippen molar-refractivity contribution < 1.29 is 18.7 Å². The molecule has 3 rings (SSSR count). The van der Waals surface area contributed by atoms with Crippen LogP contribution in [0.3, 0.4) is 0 Å². The van der Waals surface area contributed by atoms with Gasteiger partial charge in [-0.15, -0.1) is 0 Å². The average molecular weight is 391 g/mol. The quantitative estimate of drug-likeness (QED) is 0.608. The van der Waals surface area contributed by atoms with Gasteiger partial charge in [-0.25, -0.2) is 4.39 Å². The number of nitrogens with one attached hydrogen (secondary N) is 1. The molecule has 0 fully saturated rings. The Morgan fingerprint density at radius 1 is 0.966 bits per heavy atom. The second-order valence-corrected chi connectivity index (χ2v) is 6.89. The molecule has 0 aromatic heterocycles. The zero-order valence-corrected chi connectivity index (χ0v) is 16.3. The van der Waals surface area contributed by atoms with Gasteiger partial charge in [0, 0.05) is 11.3 Å². The Balaban J connectivity index is 1.80. The van der Waals surface area contributed by atoms with Crippen LogP contribution in [0.2, 0.25) is 0 Å². The number of aryl methyl sites for hydroxylation is 2. The van der Waals surface area contributed by atoms with Gasteiger partial charge >= 0.3 is 5.97 Å². The highest BCUT2D eigenvalue weighted by molar-refractivity contribution is 5.96. The van der Waals surface area contributed by atoms with Crippen LogP contribution >= 0.6 is 0 Å². The van der Waals surface area contributed by atoms with Crippen LogP contribution in [0.5, 0.6) is 0 Å². The predicted octanol–water partition coefficient (Wildman–Crippen LogP) is 4.91. The average Bonchev–Trinajstić information content (AvgIpc) is 2.69. The van der Waals surface area contributed by atoms with E-state index in [2.05, 4.69) is 5.32 Å². The SMILES string of the molecule is Cc1ccc(C)c(NC(=O)[C@H](OC(=O)Cc2cccc(F)c2)c2ccccc2)c1. The molecular formula is C24H22FNO3. The highest BCUT2D eigenvalue weighted by Crippen LogP contribution is 2.23. The molecule has 148 valence electrons. The van der Waals surface area contributed by atoms with Crippen molar-refractivity contribution in [3.05, 3.63) is 101 Å². The summed E-state index contributed by atoms with van der Waals surface area (Å²) in [5.74, 6) is -1.49. The van der Waals surface area contributed by atoms with Crippen molar-refractivity contribution in [2.45, 2.75) is 26.4 Å². The molecule has 0 aliphatic rings. The molecule has 0 saturated heterocycles. The molecule has 1 atom stereocenters. The van der Waals surface area contributed by atoms with E-state index in [0.29, 0.717) is 16.8 Å². The van der Waals surface area contributed by atoms with Crippen molar-refractivity contribution in [1.29, 1.82) is 0 Å². The van der Waals surface area contributed by atoms with Crippen molar-refractivity contribution in [2.24, 2.45) is 0 Å². The fraction of sp³-hybridized carbons (Fsp3) is 0.167. The Kier molecular flexibility index (Phi) is 6.39. The maximum atomic E-state index is 13.4. The van der Waals surface area contributed by atoms with Crippen LogP contribution in [0.25, 0.3) is 0 Å². The Bertz CT molecular complexity index is 1020. The van der Waals surface area contributed by atoms with Crippen LogP contribution in [0.15, 0.2) is 72.8 Å². The lowest BCUT2D eigenvalue weighted by atomic mass is 10.1. The maximum Gasteiger partial charge on any atom is 0.311 e. The molecule has 0 heterocycles. The van der Waals surface area contributed by atoms with Gasteiger partial charge in [-0.1, -0.05) is 54.6 Å². The standard InChI is InChI=1S/C24H22FNO3/c1-16-11-12-17(2)21(13-16)26-24(28)23(19-8-4-3-5-9-19)29-22(27)15-18-7-6-10-20(25)14-18/h3-14,23H,15H2,1-2H3,(H,26,28)/t23-/m1/s1. The second kappa shape index (κ2) is 9.15. The largest absolute Gasteiger partial charge is 0.447 e. The predicted molar refractivity (Wildman–Crippen MR) is 110 cm³/mol. The lowest BCUT2D eigenvalue weighted by molar-refractivity contribution is -0.154. The number of rotatable bonds is 6. The summed E-state index contributed by atoms with van der Waals surface area (Å²) in [5, 5.41) is 2.85. The fourth-order valence-corrected chi connectivity index (χ4v) is 2.96. The van der Waals surface area contributed by atoms with E-state index in [1.54, 1.807) is 30.3 Å². The minimum Gasteiger partial charge on any atom is -0.447 e. The number of amides is 1.